The van der Waals surface area contributed by atoms with Gasteiger partial charge in [-0.1, -0.05) is 25.9 Å². The Morgan fingerprint density at radius 3 is 2.58 bits per heavy atom. The number of nitrogens with two attached hydrogens (primary N) is 1. The smallest absolute Gasteiger partial charge is 0.253 e. The predicted molar refractivity (Wildman–Crippen MR) is 98.8 cm³/mol. The first-order valence-electron chi connectivity index (χ1n) is 8.96. The summed E-state index contributed by atoms with van der Waals surface area (Å²) in [5.74, 6) is 2.11. The number of ether oxygens (including phenoxy) is 1. The van der Waals surface area contributed by atoms with E-state index in [1.54, 1.807) is 36.2 Å². The van der Waals surface area contributed by atoms with Crippen LogP contribution in [0.3, 0.4) is 0 Å². The van der Waals surface area contributed by atoms with Crippen molar-refractivity contribution >= 4 is 5.91 Å². The standard InChI is InChI=1S/C19H28N4O3/c1-5-18-21-17(22-26-18)12-25-15-8-6-14(7-9-15)19(24)23(4)11-10-16(20)13(2)3/h6-9,13,16H,5,10-12,20H2,1-4H3. The van der Waals surface area contributed by atoms with E-state index in [4.69, 9.17) is 15.0 Å². The number of amides is 1. The summed E-state index contributed by atoms with van der Waals surface area (Å²) in [4.78, 5) is 18.3. The minimum absolute atomic E-state index is 0.0294. The first-order valence-corrected chi connectivity index (χ1v) is 8.96. The number of hydrogen-bond donors (Lipinski definition) is 1. The molecule has 1 aromatic heterocycles. The van der Waals surface area contributed by atoms with Crippen molar-refractivity contribution in [1.29, 1.82) is 0 Å². The molecule has 0 aliphatic rings. The summed E-state index contributed by atoms with van der Waals surface area (Å²) in [6.45, 7) is 6.98. The Hall–Kier alpha value is -2.41. The van der Waals surface area contributed by atoms with Crippen LogP contribution in [0.2, 0.25) is 0 Å². The molecular weight excluding hydrogens is 332 g/mol. The highest BCUT2D eigenvalue weighted by Crippen LogP contribution is 2.15. The molecule has 7 heteroatoms. The number of aromatic nitrogens is 2. The van der Waals surface area contributed by atoms with Gasteiger partial charge in [0.05, 0.1) is 0 Å². The number of rotatable bonds is 9. The minimum Gasteiger partial charge on any atom is -0.485 e. The molecule has 0 radical (unpaired) electrons. The van der Waals surface area contributed by atoms with Crippen molar-refractivity contribution in [3.8, 4) is 5.75 Å². The molecule has 0 aliphatic heterocycles. The summed E-state index contributed by atoms with van der Waals surface area (Å²) in [6.07, 6.45) is 1.48. The highest BCUT2D eigenvalue weighted by molar-refractivity contribution is 5.94. The molecule has 2 N–H and O–H groups in total. The summed E-state index contributed by atoms with van der Waals surface area (Å²) in [6, 6.07) is 7.14. The molecule has 1 aromatic carbocycles. The van der Waals surface area contributed by atoms with Crippen LogP contribution in [-0.4, -0.2) is 40.6 Å². The topological polar surface area (TPSA) is 94.5 Å². The third-order valence-corrected chi connectivity index (χ3v) is 4.28. The summed E-state index contributed by atoms with van der Waals surface area (Å²) < 4.78 is 10.7. The van der Waals surface area contributed by atoms with Crippen molar-refractivity contribution in [2.75, 3.05) is 13.6 Å². The highest BCUT2D eigenvalue weighted by Gasteiger charge is 2.14. The van der Waals surface area contributed by atoms with Gasteiger partial charge in [-0.3, -0.25) is 4.79 Å². The summed E-state index contributed by atoms with van der Waals surface area (Å²) in [7, 11) is 1.79. The molecule has 26 heavy (non-hydrogen) atoms. The molecule has 142 valence electrons. The maximum atomic E-state index is 12.5. The third kappa shape index (κ3) is 5.56. The number of nitrogens with zero attached hydrogens (tertiary/aromatic N) is 3. The van der Waals surface area contributed by atoms with E-state index < -0.39 is 0 Å². The van der Waals surface area contributed by atoms with E-state index in [9.17, 15) is 4.79 Å². The van der Waals surface area contributed by atoms with Gasteiger partial charge < -0.3 is 19.9 Å². The van der Waals surface area contributed by atoms with Crippen LogP contribution in [0.5, 0.6) is 5.75 Å². The van der Waals surface area contributed by atoms with E-state index in [1.165, 1.54) is 0 Å². The molecule has 1 amide bonds. The molecule has 0 bridgehead atoms. The second kappa shape index (κ2) is 9.33. The second-order valence-electron chi connectivity index (χ2n) is 6.69. The Kier molecular flexibility index (Phi) is 7.15. The molecular formula is C19H28N4O3. The number of aryl methyl sites for hydroxylation is 1. The van der Waals surface area contributed by atoms with Crippen molar-refractivity contribution in [1.82, 2.24) is 15.0 Å². The largest absolute Gasteiger partial charge is 0.485 e. The molecule has 1 heterocycles. The third-order valence-electron chi connectivity index (χ3n) is 4.28. The van der Waals surface area contributed by atoms with Crippen LogP contribution in [0.15, 0.2) is 28.8 Å². The van der Waals surface area contributed by atoms with Gasteiger partial charge in [-0.05, 0) is 36.6 Å². The van der Waals surface area contributed by atoms with Crippen LogP contribution in [-0.2, 0) is 13.0 Å². The average Bonchev–Trinajstić information content (AvgIpc) is 3.12. The Balaban J connectivity index is 1.86. The van der Waals surface area contributed by atoms with E-state index in [0.29, 0.717) is 41.9 Å². The number of carbonyl (C=O) groups is 1. The van der Waals surface area contributed by atoms with Crippen molar-refractivity contribution in [2.24, 2.45) is 11.7 Å². The van der Waals surface area contributed by atoms with E-state index in [0.717, 1.165) is 6.42 Å². The lowest BCUT2D eigenvalue weighted by molar-refractivity contribution is 0.0789. The Morgan fingerprint density at radius 2 is 2.00 bits per heavy atom. The lowest BCUT2D eigenvalue weighted by Gasteiger charge is -2.21. The van der Waals surface area contributed by atoms with Gasteiger partial charge in [0.2, 0.25) is 11.7 Å². The quantitative estimate of drug-likeness (QED) is 0.739. The van der Waals surface area contributed by atoms with Gasteiger partial charge in [0, 0.05) is 31.6 Å². The van der Waals surface area contributed by atoms with Gasteiger partial charge in [0.1, 0.15) is 5.75 Å². The van der Waals surface area contributed by atoms with Crippen LogP contribution in [0, 0.1) is 5.92 Å². The number of carbonyl (C=O) groups excluding carboxylic acids is 1. The molecule has 0 saturated heterocycles. The molecule has 1 atom stereocenters. The maximum absolute atomic E-state index is 12.5. The van der Waals surface area contributed by atoms with E-state index >= 15 is 0 Å². The lowest BCUT2D eigenvalue weighted by Crippen LogP contribution is -2.34. The molecule has 1 unspecified atom stereocenters. The van der Waals surface area contributed by atoms with Gasteiger partial charge in [-0.25, -0.2) is 0 Å². The zero-order chi connectivity index (χ0) is 19.1. The van der Waals surface area contributed by atoms with Crippen LogP contribution < -0.4 is 10.5 Å². The van der Waals surface area contributed by atoms with Gasteiger partial charge in [0.15, 0.2) is 6.61 Å². The minimum atomic E-state index is -0.0294. The van der Waals surface area contributed by atoms with E-state index in [-0.39, 0.29) is 18.6 Å². The second-order valence-corrected chi connectivity index (χ2v) is 6.69. The SMILES string of the molecule is CCc1nc(COc2ccc(C(=O)N(C)CCC(N)C(C)C)cc2)no1. The molecule has 0 spiro atoms. The monoisotopic (exact) mass is 360 g/mol. The van der Waals surface area contributed by atoms with Crippen molar-refractivity contribution < 1.29 is 14.1 Å². The van der Waals surface area contributed by atoms with Crippen molar-refractivity contribution in [3.63, 3.8) is 0 Å². The molecule has 2 rings (SSSR count). The fourth-order valence-electron chi connectivity index (χ4n) is 2.33. The van der Waals surface area contributed by atoms with Gasteiger partial charge in [-0.15, -0.1) is 0 Å². The first kappa shape index (κ1) is 19.9. The molecule has 0 saturated carbocycles. The van der Waals surface area contributed by atoms with Gasteiger partial charge in [-0.2, -0.15) is 4.98 Å². The lowest BCUT2D eigenvalue weighted by atomic mass is 10.0. The highest BCUT2D eigenvalue weighted by atomic mass is 16.5. The van der Waals surface area contributed by atoms with Crippen molar-refractivity contribution in [2.45, 2.75) is 46.3 Å². The van der Waals surface area contributed by atoms with Crippen LogP contribution in [0.25, 0.3) is 0 Å². The van der Waals surface area contributed by atoms with Crippen LogP contribution in [0.4, 0.5) is 0 Å². The molecule has 7 nitrogen and oxygen atoms in total. The van der Waals surface area contributed by atoms with Crippen LogP contribution >= 0.6 is 0 Å². The Labute approximate surface area is 154 Å². The fraction of sp³-hybridized carbons (Fsp3) is 0.526. The zero-order valence-electron chi connectivity index (χ0n) is 15.9. The average molecular weight is 360 g/mol. The zero-order valence-corrected chi connectivity index (χ0v) is 15.9. The van der Waals surface area contributed by atoms with Gasteiger partial charge >= 0.3 is 0 Å². The first-order chi connectivity index (χ1) is 12.4. The van der Waals surface area contributed by atoms with E-state index in [1.807, 2.05) is 6.92 Å². The van der Waals surface area contributed by atoms with Crippen LogP contribution in [0.1, 0.15) is 49.3 Å². The fourth-order valence-corrected chi connectivity index (χ4v) is 2.33. The normalized spacial score (nSPS) is 12.2. The molecule has 0 fully saturated rings. The summed E-state index contributed by atoms with van der Waals surface area (Å²) in [5, 5.41) is 3.84. The molecule has 2 aromatic rings. The summed E-state index contributed by atoms with van der Waals surface area (Å²) in [5.41, 5.74) is 6.66. The predicted octanol–water partition coefficient (Wildman–Crippen LogP) is 2.66. The summed E-state index contributed by atoms with van der Waals surface area (Å²) >= 11 is 0. The van der Waals surface area contributed by atoms with Crippen molar-refractivity contribution in [3.05, 3.63) is 41.5 Å². The Morgan fingerprint density at radius 1 is 1.31 bits per heavy atom. The number of benzene rings is 1. The van der Waals surface area contributed by atoms with E-state index in [2.05, 4.69) is 24.0 Å². The maximum Gasteiger partial charge on any atom is 0.253 e. The number of hydrogen-bond acceptors (Lipinski definition) is 6. The van der Waals surface area contributed by atoms with Gasteiger partial charge in [0.25, 0.3) is 5.91 Å². The molecule has 0 aliphatic carbocycles. The Bertz CT molecular complexity index is 697.